The molecule has 6 aliphatic rings. The number of benzene rings is 1. The van der Waals surface area contributed by atoms with Gasteiger partial charge in [-0.25, -0.2) is 4.79 Å². The topological polar surface area (TPSA) is 133 Å². The Balaban J connectivity index is 1.16. The van der Waals surface area contributed by atoms with E-state index < -0.39 is 70.4 Å². The van der Waals surface area contributed by atoms with Crippen molar-refractivity contribution in [1.29, 1.82) is 0 Å². The third kappa shape index (κ3) is 7.43. The van der Waals surface area contributed by atoms with Crippen LogP contribution in [0.25, 0.3) is 0 Å². The minimum absolute atomic E-state index is 0.191. The monoisotopic (exact) mass is 836 g/mol. The molecular weight excluding hydrogens is 763 g/mol. The summed E-state index contributed by atoms with van der Waals surface area (Å²) in [6.45, 7) is 3.09. The number of hydrogen-bond acceptors (Lipinski definition) is 11. The Hall–Kier alpha value is -2.64. The van der Waals surface area contributed by atoms with Crippen LogP contribution in [0.1, 0.15) is 114 Å². The summed E-state index contributed by atoms with van der Waals surface area (Å²) in [5.41, 5.74) is -3.82. The lowest BCUT2D eigenvalue weighted by molar-refractivity contribution is -0.298. The molecule has 5 aliphatic carbocycles. The molecule has 6 fully saturated rings. The molecule has 11 heteroatoms. The predicted molar refractivity (Wildman–Crippen MR) is 228 cm³/mol. The Morgan fingerprint density at radius 1 is 0.850 bits per heavy atom. The Labute approximate surface area is 358 Å². The number of allylic oxidation sites excluding steroid dienone is 4. The van der Waals surface area contributed by atoms with E-state index in [0.717, 1.165) is 38.5 Å². The van der Waals surface area contributed by atoms with Crippen LogP contribution in [0.2, 0.25) is 0 Å². The van der Waals surface area contributed by atoms with Crippen molar-refractivity contribution in [1.82, 2.24) is 4.90 Å². The van der Waals surface area contributed by atoms with Gasteiger partial charge in [0.2, 0.25) is 0 Å². The summed E-state index contributed by atoms with van der Waals surface area (Å²) in [5.74, 6) is -2.45. The standard InChI is InChI=1S/C49H73NO10/c1-7-8-9-10-11-12-13-14-15-16-17-18-19-20-24-27-38(52)60-48-30-37(57-5)47(54)29-34(39(48)44(47)59-45(53)33-25-22-21-23-26-33)49-36(56-4)28-35(51)46(32-55-3)31-50(2)43(49)40(48)41(58-6)42(46)49/h11-12,14-15,21-23,25-26,34-37,39-44,51,54H,7-10,13,16-20,24,27-32H2,1-6H3/b12-11-,15-14-/t34-,35-,36?,37+,39-,40+,41+,42-,43-,44-,46+,47-,48-,49+/m1/s1. The summed E-state index contributed by atoms with van der Waals surface area (Å²) in [6.07, 6.45) is 18.7. The fraction of sp³-hybridized carbons (Fsp3) is 0.755. The van der Waals surface area contributed by atoms with E-state index in [4.69, 9.17) is 28.4 Å². The van der Waals surface area contributed by atoms with Crippen LogP contribution in [0.5, 0.6) is 0 Å². The smallest absolute Gasteiger partial charge is 0.338 e. The van der Waals surface area contributed by atoms with Crippen LogP contribution in [0.3, 0.4) is 0 Å². The van der Waals surface area contributed by atoms with Crippen molar-refractivity contribution in [2.24, 2.45) is 34.5 Å². The molecule has 7 bridgehead atoms. The van der Waals surface area contributed by atoms with Crippen molar-refractivity contribution in [2.75, 3.05) is 48.6 Å². The largest absolute Gasteiger partial charge is 0.458 e. The minimum Gasteiger partial charge on any atom is -0.458 e. The first kappa shape index (κ1) is 45.4. The number of methoxy groups -OCH3 is 4. The highest BCUT2D eigenvalue weighted by molar-refractivity contribution is 5.89. The van der Waals surface area contributed by atoms with Crippen molar-refractivity contribution in [3.05, 3.63) is 60.2 Å². The number of hydrogen-bond donors (Lipinski definition) is 2. The van der Waals surface area contributed by atoms with Gasteiger partial charge in [-0.2, -0.15) is 0 Å². The Morgan fingerprint density at radius 3 is 2.20 bits per heavy atom. The molecule has 2 N–H and O–H groups in total. The van der Waals surface area contributed by atoms with Gasteiger partial charge in [-0.15, -0.1) is 0 Å². The summed E-state index contributed by atoms with van der Waals surface area (Å²) in [5, 5.41) is 25.2. The van der Waals surface area contributed by atoms with E-state index in [1.807, 2.05) is 6.07 Å². The number of esters is 2. The highest BCUT2D eigenvalue weighted by Gasteiger charge is 2.90. The zero-order valence-corrected chi connectivity index (χ0v) is 37.1. The van der Waals surface area contributed by atoms with E-state index in [0.29, 0.717) is 31.6 Å². The molecule has 14 atom stereocenters. The van der Waals surface area contributed by atoms with Crippen LogP contribution in [0, 0.1) is 34.5 Å². The molecular formula is C49H73NO10. The quantitative estimate of drug-likeness (QED) is 0.0706. The molecule has 60 heavy (non-hydrogen) atoms. The molecule has 1 unspecified atom stereocenters. The van der Waals surface area contributed by atoms with Crippen LogP contribution in [-0.4, -0.2) is 123 Å². The first-order valence-electron chi connectivity index (χ1n) is 23.0. The Morgan fingerprint density at radius 2 is 1.53 bits per heavy atom. The molecule has 0 radical (unpaired) electrons. The van der Waals surface area contributed by atoms with Crippen molar-refractivity contribution < 1.29 is 48.2 Å². The van der Waals surface area contributed by atoms with Crippen molar-refractivity contribution in [2.45, 2.75) is 151 Å². The van der Waals surface area contributed by atoms with Crippen LogP contribution >= 0.6 is 0 Å². The van der Waals surface area contributed by atoms with Gasteiger partial charge in [0.1, 0.15) is 17.3 Å². The SMILES string of the molecule is CCCCC/C=C\C/C=C\CCCCCCCC(=O)O[C@]12C[C@H](OC)[C@]3(O)C[C@H]([C@@H]1[C@H]3OC(=O)c1ccccc1)[C@@]13C(OC)C[C@@H](O)[C@@]4(COC)CN(C)[C@@H]1[C@@H]2[C@H](OC)[C@H]43. The summed E-state index contributed by atoms with van der Waals surface area (Å²) in [4.78, 5) is 30.8. The molecule has 5 saturated carbocycles. The van der Waals surface area contributed by atoms with E-state index in [-0.39, 0.29) is 43.1 Å². The zero-order valence-electron chi connectivity index (χ0n) is 37.1. The molecule has 1 heterocycles. The van der Waals surface area contributed by atoms with E-state index in [9.17, 15) is 19.8 Å². The number of carbonyl (C=O) groups excluding carboxylic acids is 2. The summed E-state index contributed by atoms with van der Waals surface area (Å²) in [6, 6.07) is 8.64. The summed E-state index contributed by atoms with van der Waals surface area (Å²) < 4.78 is 38.9. The number of ether oxygens (including phenoxy) is 6. The average molecular weight is 836 g/mol. The van der Waals surface area contributed by atoms with E-state index in [1.54, 1.807) is 52.7 Å². The molecule has 1 aliphatic heterocycles. The van der Waals surface area contributed by atoms with Gasteiger partial charge in [0.25, 0.3) is 0 Å². The van der Waals surface area contributed by atoms with Crippen molar-refractivity contribution in [3.8, 4) is 0 Å². The average Bonchev–Trinajstić information content (AvgIpc) is 3.63. The van der Waals surface area contributed by atoms with Gasteiger partial charge in [-0.05, 0) is 70.0 Å². The van der Waals surface area contributed by atoms with E-state index in [1.165, 1.54) is 25.7 Å². The number of rotatable bonds is 22. The van der Waals surface area contributed by atoms with Gasteiger partial charge < -0.3 is 43.5 Å². The molecule has 11 nitrogen and oxygen atoms in total. The third-order valence-electron chi connectivity index (χ3n) is 16.1. The lowest BCUT2D eigenvalue weighted by Gasteiger charge is -2.69. The first-order valence-corrected chi connectivity index (χ1v) is 23.0. The molecule has 7 rings (SSSR count). The number of carbonyl (C=O) groups is 2. The van der Waals surface area contributed by atoms with Crippen LogP contribution in [0.4, 0.5) is 0 Å². The number of aliphatic hydroxyl groups excluding tert-OH is 1. The molecule has 1 aromatic carbocycles. The lowest BCUT2D eigenvalue weighted by atomic mass is 9.42. The highest BCUT2D eigenvalue weighted by Crippen LogP contribution is 2.80. The second-order valence-corrected chi connectivity index (χ2v) is 19.1. The lowest BCUT2D eigenvalue weighted by Crippen LogP contribution is -2.78. The van der Waals surface area contributed by atoms with Crippen molar-refractivity contribution in [3.63, 3.8) is 0 Å². The summed E-state index contributed by atoms with van der Waals surface area (Å²) in [7, 11) is 8.76. The number of aliphatic hydroxyl groups is 2. The third-order valence-corrected chi connectivity index (χ3v) is 16.1. The Kier molecular flexibility index (Phi) is 14.4. The van der Waals surface area contributed by atoms with Crippen LogP contribution < -0.4 is 0 Å². The molecule has 334 valence electrons. The Bertz CT molecular complexity index is 1670. The maximum Gasteiger partial charge on any atom is 0.338 e. The fourth-order valence-corrected chi connectivity index (χ4v) is 14.2. The molecule has 0 amide bonds. The summed E-state index contributed by atoms with van der Waals surface area (Å²) >= 11 is 0. The van der Waals surface area contributed by atoms with Gasteiger partial charge in [-0.3, -0.25) is 4.79 Å². The predicted octanol–water partition coefficient (Wildman–Crippen LogP) is 7.08. The number of piperidine rings is 1. The number of unbranched alkanes of at least 4 members (excludes halogenated alkanes) is 8. The molecule has 0 aromatic heterocycles. The zero-order chi connectivity index (χ0) is 42.7. The van der Waals surface area contributed by atoms with Crippen molar-refractivity contribution >= 4 is 11.9 Å². The number of nitrogens with zero attached hydrogens (tertiary/aromatic N) is 1. The molecule has 1 saturated heterocycles. The van der Waals surface area contributed by atoms with Gasteiger partial charge in [0, 0.05) is 88.9 Å². The van der Waals surface area contributed by atoms with Crippen LogP contribution in [-0.2, 0) is 33.2 Å². The first-order chi connectivity index (χ1) is 29.0. The molecule has 1 spiro atoms. The van der Waals surface area contributed by atoms with Gasteiger partial charge in [0.15, 0.2) is 0 Å². The molecule has 1 aromatic rings. The fourth-order valence-electron chi connectivity index (χ4n) is 14.2. The van der Waals surface area contributed by atoms with Gasteiger partial charge in [0.05, 0.1) is 36.6 Å². The van der Waals surface area contributed by atoms with Gasteiger partial charge >= 0.3 is 11.9 Å². The number of likely N-dealkylation sites (tertiary alicyclic amines) is 1. The number of fused-ring (bicyclic) bond motifs is 2. The van der Waals surface area contributed by atoms with Crippen LogP contribution in [0.15, 0.2) is 54.6 Å². The highest BCUT2D eigenvalue weighted by atomic mass is 16.6. The normalized spacial score (nSPS) is 40.1. The van der Waals surface area contributed by atoms with Gasteiger partial charge in [-0.1, -0.05) is 81.5 Å². The second-order valence-electron chi connectivity index (χ2n) is 19.1. The van der Waals surface area contributed by atoms with E-state index >= 15 is 0 Å². The maximum absolute atomic E-state index is 14.5. The maximum atomic E-state index is 14.5. The van der Waals surface area contributed by atoms with E-state index in [2.05, 4.69) is 43.2 Å². The second kappa shape index (κ2) is 19.0. The minimum atomic E-state index is -1.57.